The maximum atomic E-state index is 14.0. The molecule has 45 heavy (non-hydrogen) atoms. The zero-order valence-corrected chi connectivity index (χ0v) is 25.3. The van der Waals surface area contributed by atoms with E-state index in [0.29, 0.717) is 70.4 Å². The van der Waals surface area contributed by atoms with Crippen LogP contribution in [-0.4, -0.2) is 80.3 Å². The minimum atomic E-state index is -4.49. The van der Waals surface area contributed by atoms with Crippen LogP contribution in [0.15, 0.2) is 47.3 Å². The number of cyclic esters (lactones) is 1. The summed E-state index contributed by atoms with van der Waals surface area (Å²) in [6.45, 7) is 2.80. The smallest absolute Gasteiger partial charge is 0.412 e. The molecule has 7 rings (SSSR count). The number of benzene rings is 2. The summed E-state index contributed by atoms with van der Waals surface area (Å²) in [6.07, 6.45) is -4.12. The van der Waals surface area contributed by atoms with Crippen LogP contribution in [0.2, 0.25) is 5.02 Å². The average molecular weight is 643 g/mol. The third-order valence-corrected chi connectivity index (χ3v) is 9.03. The predicted octanol–water partition coefficient (Wildman–Crippen LogP) is 5.18. The molecule has 0 radical (unpaired) electrons. The topological polar surface area (TPSA) is 94.7 Å². The zero-order chi connectivity index (χ0) is 31.6. The third-order valence-electron chi connectivity index (χ3n) is 8.77. The van der Waals surface area contributed by atoms with Gasteiger partial charge in [0.2, 0.25) is 0 Å². The van der Waals surface area contributed by atoms with Gasteiger partial charge in [0.25, 0.3) is 5.56 Å². The van der Waals surface area contributed by atoms with Crippen molar-refractivity contribution in [1.29, 1.82) is 0 Å². The highest BCUT2D eigenvalue weighted by Gasteiger charge is 2.45. The molecule has 0 spiro atoms. The third kappa shape index (κ3) is 5.52. The molecule has 2 saturated heterocycles. The summed E-state index contributed by atoms with van der Waals surface area (Å²) in [5.74, 6) is 0.794. The number of amides is 1. The molecule has 2 fully saturated rings. The van der Waals surface area contributed by atoms with E-state index in [1.165, 1.54) is 0 Å². The number of ether oxygens (including phenoxy) is 2. The summed E-state index contributed by atoms with van der Waals surface area (Å²) >= 11 is 6.04. The molecule has 236 valence electrons. The van der Waals surface area contributed by atoms with E-state index in [4.69, 9.17) is 26.1 Å². The summed E-state index contributed by atoms with van der Waals surface area (Å²) in [6, 6.07) is 10.2. The van der Waals surface area contributed by atoms with Crippen molar-refractivity contribution in [2.75, 3.05) is 26.7 Å². The van der Waals surface area contributed by atoms with Crippen LogP contribution in [0, 0.1) is 6.92 Å². The van der Waals surface area contributed by atoms with Gasteiger partial charge >= 0.3 is 12.3 Å². The Balaban J connectivity index is 1.33. The lowest BCUT2D eigenvalue weighted by atomic mass is 10.0. The number of halogens is 4. The van der Waals surface area contributed by atoms with E-state index in [1.807, 2.05) is 12.1 Å². The van der Waals surface area contributed by atoms with Gasteiger partial charge in [-0.05, 0) is 49.9 Å². The number of rotatable bonds is 5. The van der Waals surface area contributed by atoms with Gasteiger partial charge in [-0.1, -0.05) is 23.7 Å². The van der Waals surface area contributed by atoms with Crippen LogP contribution in [-0.2, 0) is 17.8 Å². The van der Waals surface area contributed by atoms with Crippen molar-refractivity contribution in [2.24, 2.45) is 0 Å². The first-order chi connectivity index (χ1) is 21.4. The molecule has 3 aliphatic heterocycles. The molecular formula is C31H30ClF3N6O4. The Labute approximate surface area is 260 Å². The Bertz CT molecular complexity index is 1860. The van der Waals surface area contributed by atoms with Crippen LogP contribution in [0.4, 0.5) is 18.0 Å². The number of piperidine rings is 1. The highest BCUT2D eigenvalue weighted by Crippen LogP contribution is 2.40. The van der Waals surface area contributed by atoms with Gasteiger partial charge in [-0.15, -0.1) is 0 Å². The largest absolute Gasteiger partial charge is 0.490 e. The summed E-state index contributed by atoms with van der Waals surface area (Å²) in [5, 5.41) is 5.34. The standard InChI is InChI=1S/C31H30ClF3N6O4/c1-17-36-25-11-23(26-10-20-14-38(2)15-28(31(33,34)35)41(20)37-26)27(45-22-7-8-39-21(9-22)16-44-30(39)43)12-24(25)29(42)40(17)13-18-3-5-19(32)6-4-18/h3-6,10-12,21-22,28H,7-9,13-16H2,1-2H3/t21-,22-,28?/m0/s1. The molecule has 0 saturated carbocycles. The van der Waals surface area contributed by atoms with Crippen LogP contribution in [0.1, 0.15) is 36.0 Å². The van der Waals surface area contributed by atoms with E-state index in [2.05, 4.69) is 5.10 Å². The van der Waals surface area contributed by atoms with Gasteiger partial charge in [0, 0.05) is 43.1 Å². The van der Waals surface area contributed by atoms with Crippen molar-refractivity contribution in [3.63, 3.8) is 0 Å². The lowest BCUT2D eigenvalue weighted by molar-refractivity contribution is -0.178. The van der Waals surface area contributed by atoms with E-state index in [9.17, 15) is 22.8 Å². The van der Waals surface area contributed by atoms with Gasteiger partial charge in [0.05, 0.1) is 34.9 Å². The molecule has 10 nitrogen and oxygen atoms in total. The molecule has 14 heteroatoms. The van der Waals surface area contributed by atoms with Crippen molar-refractivity contribution in [3.8, 4) is 17.0 Å². The predicted molar refractivity (Wildman–Crippen MR) is 159 cm³/mol. The average Bonchev–Trinajstić information content (AvgIpc) is 3.58. The van der Waals surface area contributed by atoms with Crippen molar-refractivity contribution < 1.29 is 27.4 Å². The molecule has 3 atom stereocenters. The van der Waals surface area contributed by atoms with Gasteiger partial charge in [-0.25, -0.2) is 9.78 Å². The summed E-state index contributed by atoms with van der Waals surface area (Å²) in [5.41, 5.74) is 2.13. The normalized spacial score (nSPS) is 22.0. The summed E-state index contributed by atoms with van der Waals surface area (Å²) in [7, 11) is 1.64. The van der Waals surface area contributed by atoms with Gasteiger partial charge in [0.1, 0.15) is 24.3 Å². The minimum Gasteiger partial charge on any atom is -0.490 e. The monoisotopic (exact) mass is 642 g/mol. The van der Waals surface area contributed by atoms with Crippen molar-refractivity contribution in [3.05, 3.63) is 74.9 Å². The van der Waals surface area contributed by atoms with E-state index in [0.717, 1.165) is 10.2 Å². The van der Waals surface area contributed by atoms with Crippen molar-refractivity contribution >= 4 is 28.6 Å². The van der Waals surface area contributed by atoms with Crippen LogP contribution in [0.5, 0.6) is 5.75 Å². The first-order valence-electron chi connectivity index (χ1n) is 14.7. The highest BCUT2D eigenvalue weighted by atomic mass is 35.5. The quantitative estimate of drug-likeness (QED) is 0.296. The van der Waals surface area contributed by atoms with E-state index >= 15 is 0 Å². The number of nitrogens with zero attached hydrogens (tertiary/aromatic N) is 6. The molecule has 2 aromatic carbocycles. The zero-order valence-electron chi connectivity index (χ0n) is 24.6. The summed E-state index contributed by atoms with van der Waals surface area (Å²) < 4.78 is 56.4. The first kappa shape index (κ1) is 29.6. The maximum Gasteiger partial charge on any atom is 0.412 e. The minimum absolute atomic E-state index is 0.135. The second kappa shape index (κ2) is 11.1. The molecule has 0 bridgehead atoms. The first-order valence-corrected chi connectivity index (χ1v) is 15.1. The SMILES string of the molecule is Cc1nc2cc(-c3cc4n(n3)C(C(F)(F)F)CN(C)C4)c(O[C@H]3CCN4C(=O)OC[C@@H]4C3)cc2c(=O)n1Cc1ccc(Cl)cc1. The van der Waals surface area contributed by atoms with E-state index < -0.39 is 12.2 Å². The van der Waals surface area contributed by atoms with E-state index in [1.54, 1.807) is 58.7 Å². The van der Waals surface area contributed by atoms with Crippen LogP contribution in [0.25, 0.3) is 22.2 Å². The molecule has 5 heterocycles. The Morgan fingerprint density at radius 2 is 1.91 bits per heavy atom. The molecule has 4 aromatic rings. The molecule has 3 aliphatic rings. The van der Waals surface area contributed by atoms with Crippen LogP contribution >= 0.6 is 11.6 Å². The molecule has 0 N–H and O–H groups in total. The fraction of sp³-hybridized carbons (Fsp3) is 0.419. The number of alkyl halides is 3. The lowest BCUT2D eigenvalue weighted by Gasteiger charge is -2.33. The number of fused-ring (bicyclic) bond motifs is 3. The number of aromatic nitrogens is 4. The van der Waals surface area contributed by atoms with Gasteiger partial charge in [-0.3, -0.25) is 18.9 Å². The highest BCUT2D eigenvalue weighted by molar-refractivity contribution is 6.30. The number of carbonyl (C=O) groups is 1. The number of hydrogen-bond acceptors (Lipinski definition) is 7. The van der Waals surface area contributed by atoms with E-state index in [-0.39, 0.29) is 43.5 Å². The Kier molecular flexibility index (Phi) is 7.27. The second-order valence-electron chi connectivity index (χ2n) is 12.0. The molecular weight excluding hydrogens is 613 g/mol. The Morgan fingerprint density at radius 3 is 2.67 bits per heavy atom. The molecule has 2 aromatic heterocycles. The summed E-state index contributed by atoms with van der Waals surface area (Å²) in [4.78, 5) is 33.9. The fourth-order valence-corrected chi connectivity index (χ4v) is 6.60. The van der Waals surface area contributed by atoms with Gasteiger partial charge < -0.3 is 14.4 Å². The van der Waals surface area contributed by atoms with Crippen molar-refractivity contribution in [2.45, 2.75) is 57.2 Å². The Hall–Kier alpha value is -4.10. The number of hydrogen-bond donors (Lipinski definition) is 0. The number of carbonyl (C=O) groups excluding carboxylic acids is 1. The van der Waals surface area contributed by atoms with Gasteiger partial charge in [0.15, 0.2) is 6.04 Å². The number of aryl methyl sites for hydroxylation is 1. The molecule has 1 amide bonds. The fourth-order valence-electron chi connectivity index (χ4n) is 6.47. The molecule has 0 aliphatic carbocycles. The lowest BCUT2D eigenvalue weighted by Crippen LogP contribution is -2.44. The van der Waals surface area contributed by atoms with Gasteiger partial charge in [-0.2, -0.15) is 18.3 Å². The van der Waals surface area contributed by atoms with Crippen LogP contribution < -0.4 is 10.3 Å². The Morgan fingerprint density at radius 1 is 1.13 bits per heavy atom. The van der Waals surface area contributed by atoms with Crippen LogP contribution in [0.3, 0.4) is 0 Å². The van der Waals surface area contributed by atoms with Crippen molar-refractivity contribution in [1.82, 2.24) is 29.1 Å². The second-order valence-corrected chi connectivity index (χ2v) is 12.4. The maximum absolute atomic E-state index is 14.0. The molecule has 1 unspecified atom stereocenters. The number of likely N-dealkylation sites (N-methyl/N-ethyl adjacent to an activating group) is 1.